The average molecular weight is 162 g/mol. The molecule has 0 atom stereocenters. The van der Waals surface area contributed by atoms with Crippen molar-refractivity contribution in [3.05, 3.63) is 35.4 Å². The molecule has 0 spiro atoms. The molecule has 0 unspecified atom stereocenters. The van der Waals surface area contributed by atoms with E-state index in [1.165, 1.54) is 12.1 Å². The Balaban J connectivity index is 3.09. The van der Waals surface area contributed by atoms with Crippen LogP contribution in [0, 0.1) is 0 Å². The van der Waals surface area contributed by atoms with Crippen LogP contribution in [0.3, 0.4) is 0 Å². The number of Topliss-reactive ketones (excluding diaryl/α,β-unsaturated/α-hetero) is 1. The normalized spacial score (nSPS) is 9.00. The highest BCUT2D eigenvalue weighted by Gasteiger charge is 2.03. The summed E-state index contributed by atoms with van der Waals surface area (Å²) in [5.41, 5.74) is 0.636. The molecule has 3 nitrogen and oxygen atoms in total. The number of aldehydes is 2. The third-order valence-corrected chi connectivity index (χ3v) is 1.41. The smallest absolute Gasteiger partial charge is 0.225 e. The Morgan fingerprint density at radius 2 is 2.00 bits per heavy atom. The van der Waals surface area contributed by atoms with Gasteiger partial charge in [0.05, 0.1) is 0 Å². The summed E-state index contributed by atoms with van der Waals surface area (Å²) >= 11 is 0. The zero-order valence-corrected chi connectivity index (χ0v) is 6.19. The summed E-state index contributed by atoms with van der Waals surface area (Å²) in [7, 11) is 0. The number of hydrogen-bond acceptors (Lipinski definition) is 3. The molecule has 0 aromatic heterocycles. The van der Waals surface area contributed by atoms with Gasteiger partial charge in [0.1, 0.15) is 6.29 Å². The minimum Gasteiger partial charge on any atom is -0.298 e. The molecule has 0 saturated heterocycles. The fraction of sp³-hybridized carbons (Fsp3) is 0. The molecule has 0 aliphatic carbocycles. The number of carbonyl (C=O) groups excluding carboxylic acids is 3. The summed E-state index contributed by atoms with van der Waals surface area (Å²) in [5.74, 6) is -0.612. The van der Waals surface area contributed by atoms with Crippen LogP contribution in [0.5, 0.6) is 0 Å². The molecular formula is C9H6O3. The van der Waals surface area contributed by atoms with Crippen molar-refractivity contribution in [2.75, 3.05) is 0 Å². The second kappa shape index (κ2) is 3.57. The number of carbonyl (C=O) groups is 3. The summed E-state index contributed by atoms with van der Waals surface area (Å²) in [6.07, 6.45) is 0.853. The predicted octanol–water partition coefficient (Wildman–Crippen LogP) is 0.881. The molecule has 0 heterocycles. The molecule has 60 valence electrons. The van der Waals surface area contributed by atoms with Gasteiger partial charge in [-0.3, -0.25) is 14.4 Å². The Labute approximate surface area is 69.0 Å². The molecule has 0 fully saturated rings. The molecule has 0 aliphatic rings. The molecule has 0 amide bonds. The van der Waals surface area contributed by atoms with Crippen LogP contribution >= 0.6 is 0 Å². The van der Waals surface area contributed by atoms with E-state index in [4.69, 9.17) is 0 Å². The Bertz CT molecular complexity index is 328. The summed E-state index contributed by atoms with van der Waals surface area (Å²) in [4.78, 5) is 31.1. The van der Waals surface area contributed by atoms with Gasteiger partial charge in [0, 0.05) is 11.1 Å². The summed E-state index contributed by atoms with van der Waals surface area (Å²) in [6.45, 7) is 0. The monoisotopic (exact) mass is 162 g/mol. The van der Waals surface area contributed by atoms with E-state index >= 15 is 0 Å². The summed E-state index contributed by atoms with van der Waals surface area (Å²) in [5, 5.41) is 0. The molecule has 0 N–H and O–H groups in total. The van der Waals surface area contributed by atoms with Crippen molar-refractivity contribution < 1.29 is 14.4 Å². The third-order valence-electron chi connectivity index (χ3n) is 1.41. The maximum atomic E-state index is 10.8. The highest BCUT2D eigenvalue weighted by molar-refractivity contribution is 6.33. The van der Waals surface area contributed by atoms with Crippen molar-refractivity contribution in [3.63, 3.8) is 0 Å². The van der Waals surface area contributed by atoms with Gasteiger partial charge in [-0.05, 0) is 6.07 Å². The van der Waals surface area contributed by atoms with E-state index in [2.05, 4.69) is 0 Å². The number of hydrogen-bond donors (Lipinski definition) is 0. The first-order valence-corrected chi connectivity index (χ1v) is 3.32. The average Bonchev–Trinajstić information content (AvgIpc) is 2.17. The van der Waals surface area contributed by atoms with Crippen molar-refractivity contribution in [1.29, 1.82) is 0 Å². The van der Waals surface area contributed by atoms with E-state index in [1.807, 2.05) is 0 Å². The zero-order valence-electron chi connectivity index (χ0n) is 6.19. The maximum Gasteiger partial charge on any atom is 0.225 e. The van der Waals surface area contributed by atoms with Gasteiger partial charge < -0.3 is 0 Å². The highest BCUT2D eigenvalue weighted by atomic mass is 16.2. The fourth-order valence-electron chi connectivity index (χ4n) is 0.833. The molecule has 1 rings (SSSR count). The van der Waals surface area contributed by atoms with Crippen molar-refractivity contribution in [2.45, 2.75) is 0 Å². The molecule has 1 aromatic carbocycles. The SMILES string of the molecule is O=CC(=O)c1cccc(C=O)c1. The molecule has 12 heavy (non-hydrogen) atoms. The Morgan fingerprint density at radius 1 is 1.25 bits per heavy atom. The van der Waals surface area contributed by atoms with E-state index in [9.17, 15) is 14.4 Å². The second-order valence-corrected chi connectivity index (χ2v) is 2.23. The lowest BCUT2D eigenvalue weighted by molar-refractivity contribution is -0.104. The van der Waals surface area contributed by atoms with Crippen LogP contribution in [-0.2, 0) is 4.79 Å². The largest absolute Gasteiger partial charge is 0.298 e. The van der Waals surface area contributed by atoms with Gasteiger partial charge in [-0.25, -0.2) is 0 Å². The second-order valence-electron chi connectivity index (χ2n) is 2.23. The van der Waals surface area contributed by atoms with Crippen LogP contribution < -0.4 is 0 Å². The lowest BCUT2D eigenvalue weighted by Gasteiger charge is -1.93. The minimum atomic E-state index is -0.612. The number of ketones is 1. The van der Waals surface area contributed by atoms with Gasteiger partial charge in [0.25, 0.3) is 0 Å². The predicted molar refractivity (Wildman–Crippen MR) is 42.2 cm³/mol. The minimum absolute atomic E-state index is 0.226. The van der Waals surface area contributed by atoms with Gasteiger partial charge >= 0.3 is 0 Å². The van der Waals surface area contributed by atoms with Crippen LogP contribution in [-0.4, -0.2) is 18.4 Å². The van der Waals surface area contributed by atoms with E-state index in [1.54, 1.807) is 12.1 Å². The van der Waals surface area contributed by atoms with Crippen molar-refractivity contribution >= 4 is 18.4 Å². The lowest BCUT2D eigenvalue weighted by Crippen LogP contribution is -1.99. The van der Waals surface area contributed by atoms with Gasteiger partial charge in [0.2, 0.25) is 5.78 Å². The molecule has 0 bridgehead atoms. The first kappa shape index (κ1) is 8.33. The van der Waals surface area contributed by atoms with E-state index in [-0.39, 0.29) is 11.8 Å². The molecule has 0 radical (unpaired) electrons. The third kappa shape index (κ3) is 1.63. The standard InChI is InChI=1S/C9H6O3/c10-5-7-2-1-3-8(4-7)9(12)6-11/h1-6H. The van der Waals surface area contributed by atoms with Crippen molar-refractivity contribution in [3.8, 4) is 0 Å². The summed E-state index contributed by atoms with van der Waals surface area (Å²) in [6, 6.07) is 5.99. The van der Waals surface area contributed by atoms with E-state index in [0.29, 0.717) is 11.8 Å². The van der Waals surface area contributed by atoms with Gasteiger partial charge in [-0.1, -0.05) is 18.2 Å². The molecular weight excluding hydrogens is 156 g/mol. The van der Waals surface area contributed by atoms with Crippen LogP contribution in [0.15, 0.2) is 24.3 Å². The number of rotatable bonds is 3. The van der Waals surface area contributed by atoms with Gasteiger partial charge in [-0.2, -0.15) is 0 Å². The Kier molecular flexibility index (Phi) is 2.48. The maximum absolute atomic E-state index is 10.8. The molecule has 0 saturated carbocycles. The summed E-state index contributed by atoms with van der Waals surface area (Å²) < 4.78 is 0. The first-order chi connectivity index (χ1) is 5.77. The lowest BCUT2D eigenvalue weighted by atomic mass is 10.1. The Morgan fingerprint density at radius 3 is 2.58 bits per heavy atom. The van der Waals surface area contributed by atoms with Gasteiger partial charge in [0.15, 0.2) is 6.29 Å². The van der Waals surface area contributed by atoms with Crippen LogP contribution in [0.1, 0.15) is 20.7 Å². The Hall–Kier alpha value is -1.77. The van der Waals surface area contributed by atoms with Crippen LogP contribution in [0.2, 0.25) is 0 Å². The molecule has 3 heteroatoms. The van der Waals surface area contributed by atoms with E-state index < -0.39 is 5.78 Å². The first-order valence-electron chi connectivity index (χ1n) is 3.32. The van der Waals surface area contributed by atoms with Crippen LogP contribution in [0.25, 0.3) is 0 Å². The number of benzene rings is 1. The van der Waals surface area contributed by atoms with Crippen molar-refractivity contribution in [1.82, 2.24) is 0 Å². The molecule has 0 aliphatic heterocycles. The quantitative estimate of drug-likeness (QED) is 0.376. The molecule has 1 aromatic rings. The topological polar surface area (TPSA) is 51.2 Å². The highest BCUT2D eigenvalue weighted by Crippen LogP contribution is 2.02. The van der Waals surface area contributed by atoms with E-state index in [0.717, 1.165) is 0 Å². The zero-order chi connectivity index (χ0) is 8.97. The van der Waals surface area contributed by atoms with Crippen LogP contribution in [0.4, 0.5) is 0 Å². The van der Waals surface area contributed by atoms with Crippen molar-refractivity contribution in [2.24, 2.45) is 0 Å². The van der Waals surface area contributed by atoms with Gasteiger partial charge in [-0.15, -0.1) is 0 Å². The fourth-order valence-corrected chi connectivity index (χ4v) is 0.833.